The molecule has 0 unspecified atom stereocenters. The smallest absolute Gasteiger partial charge is 0.231 e. The number of hydrogen-bond donors (Lipinski definition) is 2. The minimum Gasteiger partial charge on any atom is -0.454 e. The summed E-state index contributed by atoms with van der Waals surface area (Å²) < 4.78 is 10.8. The highest BCUT2D eigenvalue weighted by Crippen LogP contribution is 2.32. The van der Waals surface area contributed by atoms with E-state index in [1.54, 1.807) is 7.05 Å². The molecule has 1 aliphatic rings. The van der Waals surface area contributed by atoms with Gasteiger partial charge in [0.25, 0.3) is 0 Å². The molecule has 3 aromatic rings. The van der Waals surface area contributed by atoms with Gasteiger partial charge in [0, 0.05) is 39.6 Å². The molecule has 0 fully saturated rings. The number of ether oxygens (including phenoxy) is 2. The molecular formula is C23H27N5O2. The van der Waals surface area contributed by atoms with E-state index in [1.807, 2.05) is 49.3 Å². The summed E-state index contributed by atoms with van der Waals surface area (Å²) in [7, 11) is 5.79. The third-order valence-electron chi connectivity index (χ3n) is 5.06. The molecule has 2 N–H and O–H groups in total. The summed E-state index contributed by atoms with van der Waals surface area (Å²) >= 11 is 0. The number of benzene rings is 2. The molecule has 4 rings (SSSR count). The van der Waals surface area contributed by atoms with Crippen molar-refractivity contribution in [1.82, 2.24) is 15.6 Å². The zero-order chi connectivity index (χ0) is 20.9. The van der Waals surface area contributed by atoms with Gasteiger partial charge in [-0.15, -0.1) is 0 Å². The van der Waals surface area contributed by atoms with E-state index in [4.69, 9.17) is 14.5 Å². The van der Waals surface area contributed by atoms with Gasteiger partial charge in [-0.1, -0.05) is 24.3 Å². The molecule has 2 heterocycles. The maximum absolute atomic E-state index is 5.45. The molecule has 0 atom stereocenters. The number of aromatic nitrogens is 1. The van der Waals surface area contributed by atoms with Gasteiger partial charge < -0.3 is 25.0 Å². The summed E-state index contributed by atoms with van der Waals surface area (Å²) in [5.41, 5.74) is 3.37. The van der Waals surface area contributed by atoms with Gasteiger partial charge >= 0.3 is 0 Å². The summed E-state index contributed by atoms with van der Waals surface area (Å²) in [4.78, 5) is 11.1. The average molecular weight is 406 g/mol. The number of fused-ring (bicyclic) bond motifs is 2. The van der Waals surface area contributed by atoms with Crippen molar-refractivity contribution in [3.8, 4) is 11.5 Å². The van der Waals surface area contributed by atoms with Crippen LogP contribution >= 0.6 is 0 Å². The molecule has 0 saturated carbocycles. The minimum atomic E-state index is 0.298. The highest BCUT2D eigenvalue weighted by molar-refractivity contribution is 5.85. The van der Waals surface area contributed by atoms with E-state index in [1.165, 1.54) is 11.1 Å². The third-order valence-corrected chi connectivity index (χ3v) is 5.06. The minimum absolute atomic E-state index is 0.298. The summed E-state index contributed by atoms with van der Waals surface area (Å²) in [5.74, 6) is 3.33. The zero-order valence-corrected chi connectivity index (χ0v) is 17.6. The molecule has 0 bridgehead atoms. The predicted octanol–water partition coefficient (Wildman–Crippen LogP) is 2.94. The van der Waals surface area contributed by atoms with Gasteiger partial charge in [-0.05, 0) is 41.8 Å². The Morgan fingerprint density at radius 2 is 1.90 bits per heavy atom. The van der Waals surface area contributed by atoms with Crippen molar-refractivity contribution in [2.75, 3.05) is 39.4 Å². The first-order valence-corrected chi connectivity index (χ1v) is 10.0. The normalized spacial score (nSPS) is 12.8. The van der Waals surface area contributed by atoms with Crippen molar-refractivity contribution in [3.63, 3.8) is 0 Å². The van der Waals surface area contributed by atoms with Crippen molar-refractivity contribution in [1.29, 1.82) is 0 Å². The third kappa shape index (κ3) is 4.40. The van der Waals surface area contributed by atoms with Crippen LogP contribution in [-0.4, -0.2) is 45.4 Å². The molecule has 0 saturated heterocycles. The van der Waals surface area contributed by atoms with Crippen molar-refractivity contribution < 1.29 is 9.47 Å². The highest BCUT2D eigenvalue weighted by Gasteiger charge is 2.13. The second kappa shape index (κ2) is 8.90. The van der Waals surface area contributed by atoms with E-state index < -0.39 is 0 Å². The van der Waals surface area contributed by atoms with Crippen LogP contribution in [0.2, 0.25) is 0 Å². The molecule has 1 aromatic heterocycles. The second-order valence-electron chi connectivity index (χ2n) is 7.34. The number of aliphatic imine (C=N–C) groups is 1. The fraction of sp³-hybridized carbons (Fsp3) is 0.304. The van der Waals surface area contributed by atoms with Crippen LogP contribution in [0, 0.1) is 0 Å². The number of guanidine groups is 1. The first-order chi connectivity index (χ1) is 14.6. The van der Waals surface area contributed by atoms with Crippen LogP contribution in [0.15, 0.2) is 53.5 Å². The molecule has 0 spiro atoms. The Morgan fingerprint density at radius 1 is 1.07 bits per heavy atom. The monoisotopic (exact) mass is 405 g/mol. The van der Waals surface area contributed by atoms with Gasteiger partial charge in [0.1, 0.15) is 5.82 Å². The highest BCUT2D eigenvalue weighted by atomic mass is 16.7. The number of para-hydroxylation sites is 1. The van der Waals surface area contributed by atoms with Crippen molar-refractivity contribution in [3.05, 3.63) is 59.7 Å². The maximum Gasteiger partial charge on any atom is 0.231 e. The van der Waals surface area contributed by atoms with Crippen molar-refractivity contribution in [2.45, 2.75) is 13.0 Å². The van der Waals surface area contributed by atoms with Crippen LogP contribution in [0.4, 0.5) is 5.82 Å². The van der Waals surface area contributed by atoms with E-state index in [-0.39, 0.29) is 0 Å². The lowest BCUT2D eigenvalue weighted by atomic mass is 10.1. The van der Waals surface area contributed by atoms with E-state index in [9.17, 15) is 0 Å². The Hall–Kier alpha value is -3.48. The number of pyridine rings is 1. The molecule has 156 valence electrons. The topological polar surface area (TPSA) is 71.0 Å². The van der Waals surface area contributed by atoms with Crippen LogP contribution < -0.4 is 25.0 Å². The van der Waals surface area contributed by atoms with Gasteiger partial charge in [-0.25, -0.2) is 4.98 Å². The second-order valence-corrected chi connectivity index (χ2v) is 7.34. The number of nitrogens with one attached hydrogen (secondary N) is 2. The summed E-state index contributed by atoms with van der Waals surface area (Å²) in [6.45, 7) is 1.72. The summed E-state index contributed by atoms with van der Waals surface area (Å²) in [6.07, 6.45) is 0.861. The Bertz CT molecular complexity index is 1060. The molecule has 7 nitrogen and oxygen atoms in total. The van der Waals surface area contributed by atoms with E-state index in [0.717, 1.165) is 47.1 Å². The number of anilines is 1. The van der Waals surface area contributed by atoms with Crippen LogP contribution in [0.3, 0.4) is 0 Å². The largest absolute Gasteiger partial charge is 0.454 e. The van der Waals surface area contributed by atoms with Crippen LogP contribution in [0.25, 0.3) is 10.9 Å². The van der Waals surface area contributed by atoms with Gasteiger partial charge in [-0.3, -0.25) is 4.99 Å². The van der Waals surface area contributed by atoms with E-state index >= 15 is 0 Å². The molecular weight excluding hydrogens is 378 g/mol. The first-order valence-electron chi connectivity index (χ1n) is 10.0. The molecule has 30 heavy (non-hydrogen) atoms. The van der Waals surface area contributed by atoms with Gasteiger partial charge in [0.15, 0.2) is 17.5 Å². The van der Waals surface area contributed by atoms with E-state index in [0.29, 0.717) is 13.3 Å². The molecule has 0 radical (unpaired) electrons. The Kier molecular flexibility index (Phi) is 5.88. The Labute approximate surface area is 176 Å². The van der Waals surface area contributed by atoms with Crippen molar-refractivity contribution >= 4 is 22.7 Å². The molecule has 7 heteroatoms. The van der Waals surface area contributed by atoms with Gasteiger partial charge in [0.2, 0.25) is 6.79 Å². The van der Waals surface area contributed by atoms with Crippen LogP contribution in [0.1, 0.15) is 11.1 Å². The zero-order valence-electron chi connectivity index (χ0n) is 17.6. The number of rotatable bonds is 6. The summed E-state index contributed by atoms with van der Waals surface area (Å²) in [5, 5.41) is 7.95. The fourth-order valence-electron chi connectivity index (χ4n) is 3.43. The molecule has 1 aliphatic heterocycles. The predicted molar refractivity (Wildman–Crippen MR) is 121 cm³/mol. The fourth-order valence-corrected chi connectivity index (χ4v) is 3.43. The van der Waals surface area contributed by atoms with Crippen LogP contribution in [0.5, 0.6) is 11.5 Å². The number of nitrogens with zero attached hydrogens (tertiary/aromatic N) is 3. The van der Waals surface area contributed by atoms with Crippen molar-refractivity contribution in [2.24, 2.45) is 4.99 Å². The van der Waals surface area contributed by atoms with Gasteiger partial charge in [-0.2, -0.15) is 0 Å². The van der Waals surface area contributed by atoms with E-state index in [2.05, 4.69) is 33.8 Å². The first kappa shape index (κ1) is 19.8. The maximum atomic E-state index is 5.45. The molecule has 0 aliphatic carbocycles. The Balaban J connectivity index is 1.38. The lowest BCUT2D eigenvalue weighted by Gasteiger charge is -2.17. The summed E-state index contributed by atoms with van der Waals surface area (Å²) in [6, 6.07) is 16.4. The average Bonchev–Trinajstić information content (AvgIpc) is 3.23. The SMILES string of the molecule is CN=C(NCCc1ccc2c(c1)OCO2)NCc1cc(N(C)C)nc2ccccc12. The lowest BCUT2D eigenvalue weighted by Crippen LogP contribution is -2.37. The Morgan fingerprint density at radius 3 is 2.73 bits per heavy atom. The number of hydrogen-bond acceptors (Lipinski definition) is 5. The quantitative estimate of drug-likeness (QED) is 0.485. The van der Waals surface area contributed by atoms with Gasteiger partial charge in [0.05, 0.1) is 5.52 Å². The van der Waals surface area contributed by atoms with Crippen LogP contribution in [-0.2, 0) is 13.0 Å². The standard InChI is InChI=1S/C23H27N5O2/c1-24-23(25-11-10-16-8-9-20-21(12-16)30-15-29-20)26-14-17-13-22(28(2)3)27-19-7-5-4-6-18(17)19/h4-9,12-13H,10-11,14-15H2,1-3H3,(H2,24,25,26). The lowest BCUT2D eigenvalue weighted by molar-refractivity contribution is 0.174. The molecule has 2 aromatic carbocycles. The molecule has 0 amide bonds.